The molecule has 92 valence electrons. The van der Waals surface area contributed by atoms with Crippen molar-refractivity contribution in [1.82, 2.24) is 9.88 Å². The highest BCUT2D eigenvalue weighted by molar-refractivity contribution is 6.29. The molecule has 1 aromatic rings. The Balaban J connectivity index is 2.19. The summed E-state index contributed by atoms with van der Waals surface area (Å²) >= 11 is 5.73. The van der Waals surface area contributed by atoms with Gasteiger partial charge in [-0.05, 0) is 25.0 Å². The molecule has 1 aromatic heterocycles. The van der Waals surface area contributed by atoms with E-state index in [0.29, 0.717) is 5.15 Å². The number of hydrogen-bond acceptors (Lipinski definition) is 3. The van der Waals surface area contributed by atoms with E-state index in [1.165, 1.54) is 4.90 Å². The van der Waals surface area contributed by atoms with Gasteiger partial charge in [0.05, 0.1) is 11.9 Å². The first kappa shape index (κ1) is 12.0. The Hall–Kier alpha value is -1.49. The molecule has 0 bridgehead atoms. The minimum atomic E-state index is -0.913. The summed E-state index contributed by atoms with van der Waals surface area (Å²) in [5.41, 5.74) is 0.907. The van der Waals surface area contributed by atoms with E-state index in [4.69, 9.17) is 16.7 Å². The molecule has 1 amide bonds. The highest BCUT2D eigenvalue weighted by Crippen LogP contribution is 2.27. The van der Waals surface area contributed by atoms with Gasteiger partial charge in [-0.2, -0.15) is 0 Å². The molecule has 1 N–H and O–H groups in total. The Morgan fingerprint density at radius 2 is 2.41 bits per heavy atom. The fourth-order valence-corrected chi connectivity index (χ4v) is 2.23. The minimum absolute atomic E-state index is 0.115. The topological polar surface area (TPSA) is 56.7 Å². The lowest BCUT2D eigenvalue weighted by atomic mass is 10.3. The predicted molar refractivity (Wildman–Crippen MR) is 65.4 cm³/mol. The van der Waals surface area contributed by atoms with Crippen LogP contribution < -0.4 is 4.90 Å². The smallest absolute Gasteiger partial charge is 0.408 e. The summed E-state index contributed by atoms with van der Waals surface area (Å²) in [4.78, 5) is 18.4. The molecule has 0 aliphatic carbocycles. The first-order valence-electron chi connectivity index (χ1n) is 5.43. The maximum Gasteiger partial charge on any atom is 0.408 e. The third kappa shape index (κ3) is 2.44. The summed E-state index contributed by atoms with van der Waals surface area (Å²) in [7, 11) is 1.59. The van der Waals surface area contributed by atoms with E-state index in [-0.39, 0.29) is 6.17 Å². The van der Waals surface area contributed by atoms with E-state index in [1.807, 2.05) is 11.0 Å². The highest BCUT2D eigenvalue weighted by Gasteiger charge is 2.30. The average molecular weight is 256 g/mol. The van der Waals surface area contributed by atoms with Crippen LogP contribution in [-0.2, 0) is 0 Å². The fourth-order valence-electron chi connectivity index (χ4n) is 2.12. The maximum atomic E-state index is 11.0. The van der Waals surface area contributed by atoms with Gasteiger partial charge in [-0.3, -0.25) is 4.90 Å². The molecule has 6 heteroatoms. The van der Waals surface area contributed by atoms with Crippen LogP contribution in [0.4, 0.5) is 10.5 Å². The van der Waals surface area contributed by atoms with Crippen molar-refractivity contribution in [1.29, 1.82) is 0 Å². The Morgan fingerprint density at radius 1 is 1.65 bits per heavy atom. The van der Waals surface area contributed by atoms with Crippen molar-refractivity contribution in [2.24, 2.45) is 0 Å². The second-order valence-electron chi connectivity index (χ2n) is 4.05. The zero-order chi connectivity index (χ0) is 12.4. The molecule has 1 fully saturated rings. The van der Waals surface area contributed by atoms with Crippen LogP contribution in [0.25, 0.3) is 0 Å². The van der Waals surface area contributed by atoms with Gasteiger partial charge in [-0.1, -0.05) is 11.6 Å². The number of rotatable bonds is 2. The summed E-state index contributed by atoms with van der Waals surface area (Å²) in [5, 5.41) is 9.45. The standard InChI is InChI=1S/C11H14ClN3O2/c1-14(11(16)17)10-3-2-6-15(10)8-4-5-9(12)13-7-8/h4-5,7,10H,2-3,6H2,1H3,(H,16,17). The van der Waals surface area contributed by atoms with E-state index < -0.39 is 6.09 Å². The van der Waals surface area contributed by atoms with Gasteiger partial charge >= 0.3 is 6.09 Å². The van der Waals surface area contributed by atoms with E-state index in [0.717, 1.165) is 25.1 Å². The summed E-state index contributed by atoms with van der Waals surface area (Å²) in [5.74, 6) is 0. The molecule has 2 rings (SSSR count). The van der Waals surface area contributed by atoms with Crippen molar-refractivity contribution in [2.45, 2.75) is 19.0 Å². The summed E-state index contributed by atoms with van der Waals surface area (Å²) in [6, 6.07) is 3.58. The van der Waals surface area contributed by atoms with Crippen molar-refractivity contribution < 1.29 is 9.90 Å². The van der Waals surface area contributed by atoms with Gasteiger partial charge in [-0.15, -0.1) is 0 Å². The third-order valence-electron chi connectivity index (χ3n) is 3.01. The number of carbonyl (C=O) groups is 1. The lowest BCUT2D eigenvalue weighted by Crippen LogP contribution is -2.45. The van der Waals surface area contributed by atoms with E-state index in [9.17, 15) is 4.79 Å². The Morgan fingerprint density at radius 3 is 3.00 bits per heavy atom. The molecule has 1 unspecified atom stereocenters. The Labute approximate surface area is 105 Å². The number of hydrogen-bond donors (Lipinski definition) is 1. The van der Waals surface area contributed by atoms with Gasteiger partial charge in [0.1, 0.15) is 11.3 Å². The predicted octanol–water partition coefficient (Wildman–Crippen LogP) is 2.27. The van der Waals surface area contributed by atoms with Gasteiger partial charge in [0.25, 0.3) is 0 Å². The van der Waals surface area contributed by atoms with Crippen molar-refractivity contribution in [3.05, 3.63) is 23.5 Å². The second-order valence-corrected chi connectivity index (χ2v) is 4.44. The molecule has 0 spiro atoms. The molecule has 17 heavy (non-hydrogen) atoms. The summed E-state index contributed by atoms with van der Waals surface area (Å²) < 4.78 is 0. The first-order valence-corrected chi connectivity index (χ1v) is 5.81. The summed E-state index contributed by atoms with van der Waals surface area (Å²) in [6.45, 7) is 0.839. The number of pyridine rings is 1. The monoisotopic (exact) mass is 255 g/mol. The van der Waals surface area contributed by atoms with Gasteiger partial charge in [0.15, 0.2) is 0 Å². The van der Waals surface area contributed by atoms with E-state index in [2.05, 4.69) is 4.98 Å². The first-order chi connectivity index (χ1) is 8.09. The fraction of sp³-hybridized carbons (Fsp3) is 0.455. The number of aromatic nitrogens is 1. The van der Waals surface area contributed by atoms with Crippen LogP contribution in [0.5, 0.6) is 0 Å². The number of amides is 1. The molecule has 1 aliphatic rings. The van der Waals surface area contributed by atoms with Crippen LogP contribution in [-0.4, -0.2) is 40.8 Å². The lowest BCUT2D eigenvalue weighted by Gasteiger charge is -2.32. The van der Waals surface area contributed by atoms with E-state index >= 15 is 0 Å². The van der Waals surface area contributed by atoms with Gasteiger partial charge in [0, 0.05) is 13.6 Å². The summed E-state index contributed by atoms with van der Waals surface area (Å²) in [6.07, 6.45) is 2.46. The number of anilines is 1. The molecular formula is C11H14ClN3O2. The third-order valence-corrected chi connectivity index (χ3v) is 3.24. The van der Waals surface area contributed by atoms with Crippen LogP contribution in [0.3, 0.4) is 0 Å². The molecule has 0 saturated carbocycles. The Kier molecular flexibility index (Phi) is 3.38. The molecule has 1 aliphatic heterocycles. The maximum absolute atomic E-state index is 11.0. The zero-order valence-electron chi connectivity index (χ0n) is 9.51. The van der Waals surface area contributed by atoms with Gasteiger partial charge in [0.2, 0.25) is 0 Å². The average Bonchev–Trinajstić information content (AvgIpc) is 2.77. The largest absolute Gasteiger partial charge is 0.465 e. The van der Waals surface area contributed by atoms with Crippen molar-refractivity contribution in [2.75, 3.05) is 18.5 Å². The molecular weight excluding hydrogens is 242 g/mol. The molecule has 2 heterocycles. The van der Waals surface area contributed by atoms with Crippen LogP contribution in [0.2, 0.25) is 5.15 Å². The molecule has 5 nitrogen and oxygen atoms in total. The number of halogens is 1. The molecule has 0 radical (unpaired) electrons. The second kappa shape index (κ2) is 4.79. The normalized spacial score (nSPS) is 19.4. The molecule has 1 atom stereocenters. The minimum Gasteiger partial charge on any atom is -0.465 e. The Bertz CT molecular complexity index is 410. The van der Waals surface area contributed by atoms with Gasteiger partial charge < -0.3 is 10.0 Å². The van der Waals surface area contributed by atoms with Gasteiger partial charge in [-0.25, -0.2) is 9.78 Å². The van der Waals surface area contributed by atoms with E-state index in [1.54, 1.807) is 19.3 Å². The SMILES string of the molecule is CN(C(=O)O)C1CCCN1c1ccc(Cl)nc1. The van der Waals surface area contributed by atoms with Crippen molar-refractivity contribution in [3.63, 3.8) is 0 Å². The lowest BCUT2D eigenvalue weighted by molar-refractivity contribution is 0.140. The van der Waals surface area contributed by atoms with Crippen LogP contribution in [0.1, 0.15) is 12.8 Å². The number of carboxylic acid groups (broad SMARTS) is 1. The zero-order valence-corrected chi connectivity index (χ0v) is 10.3. The van der Waals surface area contributed by atoms with Crippen LogP contribution in [0, 0.1) is 0 Å². The quantitative estimate of drug-likeness (QED) is 0.824. The molecule has 0 aromatic carbocycles. The van der Waals surface area contributed by atoms with Crippen LogP contribution >= 0.6 is 11.6 Å². The van der Waals surface area contributed by atoms with Crippen molar-refractivity contribution in [3.8, 4) is 0 Å². The van der Waals surface area contributed by atoms with Crippen molar-refractivity contribution >= 4 is 23.4 Å². The number of nitrogens with zero attached hydrogens (tertiary/aromatic N) is 3. The molecule has 1 saturated heterocycles. The van der Waals surface area contributed by atoms with Crippen LogP contribution in [0.15, 0.2) is 18.3 Å². The highest BCUT2D eigenvalue weighted by atomic mass is 35.5.